The van der Waals surface area contributed by atoms with E-state index in [4.69, 9.17) is 4.42 Å². The van der Waals surface area contributed by atoms with E-state index in [2.05, 4.69) is 15.0 Å². The molecule has 6 nitrogen and oxygen atoms in total. The number of nitrogens with zero attached hydrogens (tertiary/aromatic N) is 1. The Morgan fingerprint density at radius 3 is 2.79 bits per heavy atom. The van der Waals surface area contributed by atoms with Gasteiger partial charge >= 0.3 is 0 Å². The van der Waals surface area contributed by atoms with Crippen LogP contribution in [0.4, 0.5) is 5.69 Å². The lowest BCUT2D eigenvalue weighted by molar-refractivity contribution is 0.408. The summed E-state index contributed by atoms with van der Waals surface area (Å²) < 4.78 is 31.9. The van der Waals surface area contributed by atoms with Gasteiger partial charge in [-0.2, -0.15) is 8.42 Å². The summed E-state index contributed by atoms with van der Waals surface area (Å²) in [7, 11) is -1.94. The van der Waals surface area contributed by atoms with Crippen molar-refractivity contribution in [1.82, 2.24) is 10.3 Å². The van der Waals surface area contributed by atoms with Gasteiger partial charge in [-0.25, -0.2) is 0 Å². The summed E-state index contributed by atoms with van der Waals surface area (Å²) in [5.41, 5.74) is 1.19. The first-order valence-electron chi connectivity index (χ1n) is 5.70. The van der Waals surface area contributed by atoms with Crippen LogP contribution in [0.1, 0.15) is 11.5 Å². The molecule has 2 N–H and O–H groups in total. The second-order valence-electron chi connectivity index (χ2n) is 4.04. The molecule has 0 bridgehead atoms. The molecule has 0 spiro atoms. The van der Waals surface area contributed by atoms with Gasteiger partial charge in [-0.3, -0.25) is 9.71 Å². The van der Waals surface area contributed by atoms with Crippen LogP contribution in [-0.4, -0.2) is 20.4 Å². The molecule has 102 valence electrons. The summed E-state index contributed by atoms with van der Waals surface area (Å²) in [5.74, 6) is 0.564. The zero-order chi connectivity index (χ0) is 13.9. The third-order valence-corrected chi connectivity index (χ3v) is 3.66. The van der Waals surface area contributed by atoms with Gasteiger partial charge in [0.25, 0.3) is 10.0 Å². The molecular weight excluding hydrogens is 266 g/mol. The number of furan rings is 1. The largest absolute Gasteiger partial charge is 0.446 e. The maximum absolute atomic E-state index is 12.1. The molecule has 2 aromatic heterocycles. The number of pyridine rings is 1. The van der Waals surface area contributed by atoms with Crippen molar-refractivity contribution in [2.24, 2.45) is 0 Å². The van der Waals surface area contributed by atoms with Crippen LogP contribution in [0.25, 0.3) is 0 Å². The summed E-state index contributed by atoms with van der Waals surface area (Å²) in [6.45, 7) is 2.26. The lowest BCUT2D eigenvalue weighted by atomic mass is 10.3. The Balaban J connectivity index is 2.22. The first kappa shape index (κ1) is 13.6. The predicted octanol–water partition coefficient (Wildman–Crippen LogP) is 1.50. The zero-order valence-corrected chi connectivity index (χ0v) is 11.5. The predicted molar refractivity (Wildman–Crippen MR) is 71.3 cm³/mol. The first-order valence-corrected chi connectivity index (χ1v) is 7.18. The van der Waals surface area contributed by atoms with Crippen LogP contribution in [0.15, 0.2) is 40.0 Å². The fourth-order valence-electron chi connectivity index (χ4n) is 1.59. The van der Waals surface area contributed by atoms with Gasteiger partial charge in [0.15, 0.2) is 0 Å². The van der Waals surface area contributed by atoms with Gasteiger partial charge in [-0.05, 0) is 38.2 Å². The highest BCUT2D eigenvalue weighted by atomic mass is 32.2. The number of sulfonamides is 1. The van der Waals surface area contributed by atoms with E-state index in [1.54, 1.807) is 38.4 Å². The second-order valence-corrected chi connectivity index (χ2v) is 5.66. The van der Waals surface area contributed by atoms with Crippen molar-refractivity contribution in [1.29, 1.82) is 0 Å². The summed E-state index contributed by atoms with van der Waals surface area (Å²) in [6, 6.07) is 6.29. The van der Waals surface area contributed by atoms with E-state index in [9.17, 15) is 8.42 Å². The van der Waals surface area contributed by atoms with Crippen molar-refractivity contribution in [3.8, 4) is 0 Å². The first-order chi connectivity index (χ1) is 9.01. The minimum absolute atomic E-state index is 0.104. The maximum Gasteiger partial charge on any atom is 0.295 e. The van der Waals surface area contributed by atoms with Gasteiger partial charge < -0.3 is 9.73 Å². The van der Waals surface area contributed by atoms with Crippen LogP contribution >= 0.6 is 0 Å². The Hall–Kier alpha value is -1.86. The topological polar surface area (TPSA) is 84.2 Å². The molecule has 7 heteroatoms. The van der Waals surface area contributed by atoms with Gasteiger partial charge in [0.05, 0.1) is 12.2 Å². The molecule has 2 rings (SSSR count). The Bertz CT molecular complexity index is 664. The van der Waals surface area contributed by atoms with Crippen LogP contribution in [-0.2, 0) is 16.6 Å². The normalized spacial score (nSPS) is 11.5. The Kier molecular flexibility index (Phi) is 3.87. The maximum atomic E-state index is 12.1. The Labute approximate surface area is 111 Å². The summed E-state index contributed by atoms with van der Waals surface area (Å²) >= 11 is 0. The van der Waals surface area contributed by atoms with Crippen molar-refractivity contribution in [2.75, 3.05) is 11.8 Å². The molecule has 0 aliphatic rings. The van der Waals surface area contributed by atoms with Gasteiger partial charge in [-0.15, -0.1) is 0 Å². The van der Waals surface area contributed by atoms with Crippen LogP contribution in [0, 0.1) is 6.92 Å². The third kappa shape index (κ3) is 3.33. The SMILES string of the molecule is CNCc1ccc(S(=O)(=O)Nc2ccnc(C)c2)o1. The molecule has 0 aromatic carbocycles. The van der Waals surface area contributed by atoms with E-state index in [1.807, 2.05) is 0 Å². The molecule has 0 aliphatic heterocycles. The number of nitrogens with one attached hydrogen (secondary N) is 2. The van der Waals surface area contributed by atoms with Gasteiger partial charge in [0.1, 0.15) is 5.76 Å². The molecule has 0 fully saturated rings. The van der Waals surface area contributed by atoms with Crippen molar-refractivity contribution in [3.05, 3.63) is 41.9 Å². The molecule has 0 saturated heterocycles. The number of aromatic nitrogens is 1. The number of aryl methyl sites for hydroxylation is 1. The zero-order valence-electron chi connectivity index (χ0n) is 10.7. The Morgan fingerprint density at radius 2 is 2.11 bits per heavy atom. The van der Waals surface area contributed by atoms with Crippen LogP contribution in [0.3, 0.4) is 0 Å². The number of anilines is 1. The molecule has 0 atom stereocenters. The molecule has 0 unspecified atom stereocenters. The van der Waals surface area contributed by atoms with Crippen molar-refractivity contribution < 1.29 is 12.8 Å². The Morgan fingerprint density at radius 1 is 1.32 bits per heavy atom. The average Bonchev–Trinajstić information content (AvgIpc) is 2.78. The van der Waals surface area contributed by atoms with Gasteiger partial charge in [0.2, 0.25) is 5.09 Å². The van der Waals surface area contributed by atoms with E-state index in [0.29, 0.717) is 18.0 Å². The third-order valence-electron chi connectivity index (χ3n) is 2.40. The van der Waals surface area contributed by atoms with Gasteiger partial charge in [0, 0.05) is 11.9 Å². The van der Waals surface area contributed by atoms with Gasteiger partial charge in [-0.1, -0.05) is 0 Å². The second kappa shape index (κ2) is 5.41. The molecule has 0 saturated carbocycles. The highest BCUT2D eigenvalue weighted by molar-refractivity contribution is 7.92. The van der Waals surface area contributed by atoms with E-state index in [0.717, 1.165) is 5.69 Å². The number of hydrogen-bond acceptors (Lipinski definition) is 5. The molecule has 2 heterocycles. The van der Waals surface area contributed by atoms with Crippen LogP contribution < -0.4 is 10.0 Å². The number of hydrogen-bond donors (Lipinski definition) is 2. The lowest BCUT2D eigenvalue weighted by Gasteiger charge is -2.05. The smallest absolute Gasteiger partial charge is 0.295 e. The minimum Gasteiger partial charge on any atom is -0.446 e. The van der Waals surface area contributed by atoms with E-state index in [-0.39, 0.29) is 5.09 Å². The summed E-state index contributed by atoms with van der Waals surface area (Å²) in [5, 5.41) is 2.78. The monoisotopic (exact) mass is 281 g/mol. The number of rotatable bonds is 5. The van der Waals surface area contributed by atoms with Crippen molar-refractivity contribution >= 4 is 15.7 Å². The highest BCUT2D eigenvalue weighted by Crippen LogP contribution is 2.18. The molecule has 2 aromatic rings. The fourth-order valence-corrected chi connectivity index (χ4v) is 2.59. The van der Waals surface area contributed by atoms with Crippen molar-refractivity contribution in [2.45, 2.75) is 18.6 Å². The molecule has 19 heavy (non-hydrogen) atoms. The summed E-state index contributed by atoms with van der Waals surface area (Å²) in [6.07, 6.45) is 1.54. The molecular formula is C12H15N3O3S. The average molecular weight is 281 g/mol. The van der Waals surface area contributed by atoms with Crippen molar-refractivity contribution in [3.63, 3.8) is 0 Å². The minimum atomic E-state index is -3.70. The quantitative estimate of drug-likeness (QED) is 0.867. The standard InChI is InChI=1S/C12H15N3O3S/c1-9-7-10(5-6-14-9)15-19(16,17)12-4-3-11(18-12)8-13-2/h3-7,13H,8H2,1-2H3,(H,14,15). The van der Waals surface area contributed by atoms with E-state index >= 15 is 0 Å². The molecule has 0 radical (unpaired) electrons. The summed E-state index contributed by atoms with van der Waals surface area (Å²) in [4.78, 5) is 4.00. The lowest BCUT2D eigenvalue weighted by Crippen LogP contribution is -2.12. The van der Waals surface area contributed by atoms with Crippen LogP contribution in [0.5, 0.6) is 0 Å². The van der Waals surface area contributed by atoms with E-state index < -0.39 is 10.0 Å². The fraction of sp³-hybridized carbons (Fsp3) is 0.250. The van der Waals surface area contributed by atoms with Crippen LogP contribution in [0.2, 0.25) is 0 Å². The van der Waals surface area contributed by atoms with E-state index in [1.165, 1.54) is 6.07 Å². The molecule has 0 aliphatic carbocycles. The molecule has 0 amide bonds. The highest BCUT2D eigenvalue weighted by Gasteiger charge is 2.18.